The Labute approximate surface area is 72.7 Å². The standard InChI is InChI=1S/C7H7BrN2O/c8-5-1-2-7(10-4-11)6(9)3-5/h1-4H,9H2,(H,10,11). The largest absolute Gasteiger partial charge is 0.397 e. The summed E-state index contributed by atoms with van der Waals surface area (Å²) in [7, 11) is 0. The number of hydrogen-bond acceptors (Lipinski definition) is 2. The lowest BCUT2D eigenvalue weighted by atomic mass is 10.3. The molecule has 3 N–H and O–H groups in total. The van der Waals surface area contributed by atoms with Crippen molar-refractivity contribution in [1.29, 1.82) is 0 Å². The van der Waals surface area contributed by atoms with Gasteiger partial charge in [-0.05, 0) is 18.2 Å². The molecule has 11 heavy (non-hydrogen) atoms. The number of rotatable bonds is 2. The van der Waals surface area contributed by atoms with Crippen LogP contribution in [0.15, 0.2) is 22.7 Å². The van der Waals surface area contributed by atoms with Crippen molar-refractivity contribution in [3.05, 3.63) is 22.7 Å². The highest BCUT2D eigenvalue weighted by atomic mass is 79.9. The van der Waals surface area contributed by atoms with E-state index in [1.54, 1.807) is 12.1 Å². The Bertz CT molecular complexity index is 275. The van der Waals surface area contributed by atoms with Crippen molar-refractivity contribution in [2.75, 3.05) is 11.1 Å². The van der Waals surface area contributed by atoms with Gasteiger partial charge in [-0.1, -0.05) is 15.9 Å². The number of halogens is 1. The number of amides is 1. The molecule has 1 aromatic rings. The quantitative estimate of drug-likeness (QED) is 0.581. The van der Waals surface area contributed by atoms with Crippen molar-refractivity contribution in [2.24, 2.45) is 0 Å². The van der Waals surface area contributed by atoms with E-state index in [2.05, 4.69) is 21.2 Å². The molecule has 0 heterocycles. The number of nitrogen functional groups attached to an aromatic ring is 1. The maximum absolute atomic E-state index is 10.0. The summed E-state index contributed by atoms with van der Waals surface area (Å²) >= 11 is 3.25. The Kier molecular flexibility index (Phi) is 2.48. The molecule has 0 aliphatic heterocycles. The van der Waals surface area contributed by atoms with E-state index < -0.39 is 0 Å². The van der Waals surface area contributed by atoms with Gasteiger partial charge in [-0.25, -0.2) is 0 Å². The number of hydrogen-bond donors (Lipinski definition) is 2. The molecule has 1 aromatic carbocycles. The molecule has 0 unspecified atom stereocenters. The zero-order valence-corrected chi connectivity index (χ0v) is 7.26. The van der Waals surface area contributed by atoms with Crippen LogP contribution in [0.25, 0.3) is 0 Å². The molecule has 1 amide bonds. The monoisotopic (exact) mass is 214 g/mol. The van der Waals surface area contributed by atoms with Gasteiger partial charge in [0.15, 0.2) is 0 Å². The molecule has 4 heteroatoms. The van der Waals surface area contributed by atoms with E-state index in [4.69, 9.17) is 5.73 Å². The van der Waals surface area contributed by atoms with Crippen LogP contribution in [-0.4, -0.2) is 6.41 Å². The minimum absolute atomic E-state index is 0.548. The first-order chi connectivity index (χ1) is 5.24. The van der Waals surface area contributed by atoms with Crippen LogP contribution >= 0.6 is 15.9 Å². The second-order valence-corrected chi connectivity index (χ2v) is 2.91. The van der Waals surface area contributed by atoms with Crippen molar-refractivity contribution in [1.82, 2.24) is 0 Å². The van der Waals surface area contributed by atoms with Crippen molar-refractivity contribution >= 4 is 33.7 Å². The van der Waals surface area contributed by atoms with Gasteiger partial charge >= 0.3 is 0 Å². The van der Waals surface area contributed by atoms with E-state index in [0.717, 1.165) is 4.47 Å². The van der Waals surface area contributed by atoms with Crippen LogP contribution < -0.4 is 11.1 Å². The molecular formula is C7H7BrN2O. The van der Waals surface area contributed by atoms with Gasteiger partial charge in [0.25, 0.3) is 0 Å². The molecule has 0 bridgehead atoms. The zero-order chi connectivity index (χ0) is 8.27. The SMILES string of the molecule is Nc1cc(Br)ccc1NC=O. The van der Waals surface area contributed by atoms with Crippen molar-refractivity contribution < 1.29 is 4.79 Å². The third kappa shape index (κ3) is 1.94. The summed E-state index contributed by atoms with van der Waals surface area (Å²) in [6.45, 7) is 0. The number of carbonyl (C=O) groups is 1. The summed E-state index contributed by atoms with van der Waals surface area (Å²) < 4.78 is 0.895. The van der Waals surface area contributed by atoms with Crippen LogP contribution in [0.2, 0.25) is 0 Å². The summed E-state index contributed by atoms with van der Waals surface area (Å²) in [5.41, 5.74) is 6.73. The second kappa shape index (κ2) is 3.39. The molecule has 0 saturated carbocycles. The summed E-state index contributed by atoms with van der Waals surface area (Å²) in [6.07, 6.45) is 0.597. The number of benzene rings is 1. The maximum atomic E-state index is 10.0. The third-order valence-electron chi connectivity index (χ3n) is 1.23. The van der Waals surface area contributed by atoms with Crippen molar-refractivity contribution in [3.63, 3.8) is 0 Å². The van der Waals surface area contributed by atoms with Crippen LogP contribution in [0.4, 0.5) is 11.4 Å². The molecule has 0 saturated heterocycles. The average Bonchev–Trinajstić information content (AvgIpc) is 1.95. The van der Waals surface area contributed by atoms with Crippen LogP contribution in [0.1, 0.15) is 0 Å². The molecule has 3 nitrogen and oxygen atoms in total. The fourth-order valence-electron chi connectivity index (χ4n) is 0.729. The topological polar surface area (TPSA) is 55.1 Å². The van der Waals surface area contributed by atoms with Gasteiger partial charge in [0.1, 0.15) is 0 Å². The summed E-state index contributed by atoms with van der Waals surface area (Å²) in [5, 5.41) is 2.48. The van der Waals surface area contributed by atoms with Crippen LogP contribution in [0.5, 0.6) is 0 Å². The van der Waals surface area contributed by atoms with E-state index >= 15 is 0 Å². The highest BCUT2D eigenvalue weighted by Crippen LogP contribution is 2.21. The smallest absolute Gasteiger partial charge is 0.211 e. The molecule has 0 aliphatic carbocycles. The Morgan fingerprint density at radius 3 is 2.82 bits per heavy atom. The average molecular weight is 215 g/mol. The Hall–Kier alpha value is -1.03. The van der Waals surface area contributed by atoms with E-state index in [1.165, 1.54) is 0 Å². The normalized spacial score (nSPS) is 9.18. The molecule has 0 radical (unpaired) electrons. The van der Waals surface area contributed by atoms with E-state index in [-0.39, 0.29) is 0 Å². The van der Waals surface area contributed by atoms with Gasteiger partial charge in [-0.3, -0.25) is 4.79 Å². The Morgan fingerprint density at radius 1 is 1.55 bits per heavy atom. The fraction of sp³-hybridized carbons (Fsp3) is 0. The predicted molar refractivity (Wildman–Crippen MR) is 48.2 cm³/mol. The first kappa shape index (κ1) is 8.07. The number of nitrogens with one attached hydrogen (secondary N) is 1. The lowest BCUT2D eigenvalue weighted by molar-refractivity contribution is -0.105. The van der Waals surface area contributed by atoms with E-state index in [0.29, 0.717) is 17.8 Å². The van der Waals surface area contributed by atoms with Crippen LogP contribution in [0, 0.1) is 0 Å². The first-order valence-corrected chi connectivity index (χ1v) is 3.78. The molecule has 1 rings (SSSR count). The summed E-state index contributed by atoms with van der Waals surface area (Å²) in [5.74, 6) is 0. The molecular weight excluding hydrogens is 208 g/mol. The number of anilines is 2. The summed E-state index contributed by atoms with van der Waals surface area (Å²) in [4.78, 5) is 10.0. The fourth-order valence-corrected chi connectivity index (χ4v) is 1.11. The van der Waals surface area contributed by atoms with Gasteiger partial charge in [0.2, 0.25) is 6.41 Å². The zero-order valence-electron chi connectivity index (χ0n) is 5.67. The maximum Gasteiger partial charge on any atom is 0.211 e. The van der Waals surface area contributed by atoms with Crippen LogP contribution in [-0.2, 0) is 4.79 Å². The van der Waals surface area contributed by atoms with E-state index in [1.807, 2.05) is 6.07 Å². The number of carbonyl (C=O) groups excluding carboxylic acids is 1. The third-order valence-corrected chi connectivity index (χ3v) is 1.72. The van der Waals surface area contributed by atoms with Crippen molar-refractivity contribution in [2.45, 2.75) is 0 Å². The number of nitrogens with two attached hydrogens (primary N) is 1. The molecule has 0 fully saturated rings. The predicted octanol–water partition coefficient (Wildman–Crippen LogP) is 1.60. The lowest BCUT2D eigenvalue weighted by Gasteiger charge is -2.02. The van der Waals surface area contributed by atoms with Gasteiger partial charge in [0.05, 0.1) is 11.4 Å². The Balaban J connectivity index is 2.98. The highest BCUT2D eigenvalue weighted by molar-refractivity contribution is 9.10. The Morgan fingerprint density at radius 2 is 2.27 bits per heavy atom. The van der Waals surface area contributed by atoms with Gasteiger partial charge < -0.3 is 11.1 Å². The van der Waals surface area contributed by atoms with E-state index in [9.17, 15) is 4.79 Å². The van der Waals surface area contributed by atoms with Crippen molar-refractivity contribution in [3.8, 4) is 0 Å². The molecule has 0 aliphatic rings. The molecule has 0 spiro atoms. The van der Waals surface area contributed by atoms with Crippen LogP contribution in [0.3, 0.4) is 0 Å². The molecule has 0 atom stereocenters. The lowest BCUT2D eigenvalue weighted by Crippen LogP contribution is -1.98. The molecule has 0 aromatic heterocycles. The van der Waals surface area contributed by atoms with Gasteiger partial charge in [-0.2, -0.15) is 0 Å². The second-order valence-electron chi connectivity index (χ2n) is 1.99. The minimum atomic E-state index is 0.548. The van der Waals surface area contributed by atoms with Gasteiger partial charge in [0, 0.05) is 4.47 Å². The van der Waals surface area contributed by atoms with Gasteiger partial charge in [-0.15, -0.1) is 0 Å². The summed E-state index contributed by atoms with van der Waals surface area (Å²) in [6, 6.07) is 5.27. The minimum Gasteiger partial charge on any atom is -0.397 e. The highest BCUT2D eigenvalue weighted by Gasteiger charge is 1.96. The molecule has 58 valence electrons. The first-order valence-electron chi connectivity index (χ1n) is 2.99.